The highest BCUT2D eigenvalue weighted by Crippen LogP contribution is 2.26. The molecule has 5 nitrogen and oxygen atoms in total. The Balaban J connectivity index is 1.94. The number of hydrogen-bond donors (Lipinski definition) is 1. The highest BCUT2D eigenvalue weighted by Gasteiger charge is 2.23. The molecule has 26 heavy (non-hydrogen) atoms. The van der Waals surface area contributed by atoms with Gasteiger partial charge in [-0.2, -0.15) is 4.72 Å². The summed E-state index contributed by atoms with van der Waals surface area (Å²) in [4.78, 5) is 6.13. The maximum absolute atomic E-state index is 12.7. The van der Waals surface area contributed by atoms with Gasteiger partial charge < -0.3 is 4.90 Å². The summed E-state index contributed by atoms with van der Waals surface area (Å²) in [7, 11) is 0.432. The van der Waals surface area contributed by atoms with Crippen LogP contribution in [0, 0.1) is 0 Å². The number of rotatable bonds is 7. The van der Waals surface area contributed by atoms with Crippen molar-refractivity contribution in [3.05, 3.63) is 83.0 Å². The van der Waals surface area contributed by atoms with E-state index in [1.54, 1.807) is 29.9 Å². The highest BCUT2D eigenvalue weighted by molar-refractivity contribution is 7.91. The largest absolute Gasteiger partial charge is 0.305 e. The molecule has 2 heterocycles. The van der Waals surface area contributed by atoms with Gasteiger partial charge in [0, 0.05) is 18.9 Å². The van der Waals surface area contributed by atoms with Crippen LogP contribution in [0.2, 0.25) is 0 Å². The van der Waals surface area contributed by atoms with E-state index < -0.39 is 16.1 Å². The molecule has 0 aliphatic heterocycles. The van der Waals surface area contributed by atoms with Crippen molar-refractivity contribution in [3.8, 4) is 0 Å². The Labute approximate surface area is 158 Å². The Morgan fingerprint density at radius 2 is 1.69 bits per heavy atom. The molecule has 0 bridgehead atoms. The fourth-order valence-corrected chi connectivity index (χ4v) is 4.92. The molecule has 1 aromatic carbocycles. The summed E-state index contributed by atoms with van der Waals surface area (Å²) in [6.45, 7) is 0.834. The number of pyridine rings is 1. The Kier molecular flexibility index (Phi) is 5.83. The summed E-state index contributed by atoms with van der Waals surface area (Å²) in [6, 6.07) is 14.5. The molecule has 0 aliphatic rings. The van der Waals surface area contributed by atoms with E-state index in [4.69, 9.17) is 0 Å². The van der Waals surface area contributed by atoms with Gasteiger partial charge in [0.2, 0.25) is 0 Å². The van der Waals surface area contributed by atoms with E-state index in [0.29, 0.717) is 4.21 Å². The number of aromatic nitrogens is 1. The SMILES string of the molecule is CN(C)Cc1ccc(C(NS(=O)(=O)c2cccs2)c2ccncc2)cc1. The second-order valence-corrected chi connectivity index (χ2v) is 9.13. The van der Waals surface area contributed by atoms with Gasteiger partial charge in [-0.05, 0) is 54.4 Å². The Morgan fingerprint density at radius 1 is 1.04 bits per heavy atom. The van der Waals surface area contributed by atoms with Gasteiger partial charge in [0.15, 0.2) is 0 Å². The molecule has 1 unspecified atom stereocenters. The van der Waals surface area contributed by atoms with Crippen LogP contribution in [0.4, 0.5) is 0 Å². The smallest absolute Gasteiger partial charge is 0.250 e. The molecule has 1 atom stereocenters. The highest BCUT2D eigenvalue weighted by atomic mass is 32.2. The lowest BCUT2D eigenvalue weighted by atomic mass is 9.99. The maximum atomic E-state index is 12.7. The third kappa shape index (κ3) is 4.56. The van der Waals surface area contributed by atoms with Crippen LogP contribution < -0.4 is 4.72 Å². The molecule has 2 aromatic heterocycles. The monoisotopic (exact) mass is 387 g/mol. The van der Waals surface area contributed by atoms with Crippen LogP contribution in [0.3, 0.4) is 0 Å². The zero-order valence-electron chi connectivity index (χ0n) is 14.7. The summed E-state index contributed by atoms with van der Waals surface area (Å²) < 4.78 is 28.6. The minimum atomic E-state index is -3.60. The van der Waals surface area contributed by atoms with Gasteiger partial charge in [-0.25, -0.2) is 8.42 Å². The first kappa shape index (κ1) is 18.7. The third-order valence-corrected chi connectivity index (χ3v) is 6.70. The third-order valence-electron chi connectivity index (χ3n) is 3.88. The number of sulfonamides is 1. The van der Waals surface area contributed by atoms with E-state index >= 15 is 0 Å². The van der Waals surface area contributed by atoms with Crippen LogP contribution in [0.5, 0.6) is 0 Å². The lowest BCUT2D eigenvalue weighted by Crippen LogP contribution is -2.29. The molecule has 0 amide bonds. The molecule has 136 valence electrons. The Hall–Kier alpha value is -2.06. The lowest BCUT2D eigenvalue weighted by Gasteiger charge is -2.20. The fraction of sp³-hybridized carbons (Fsp3) is 0.211. The topological polar surface area (TPSA) is 62.3 Å². The molecule has 0 spiro atoms. The van der Waals surface area contributed by atoms with Crippen LogP contribution in [-0.2, 0) is 16.6 Å². The van der Waals surface area contributed by atoms with Gasteiger partial charge in [-0.15, -0.1) is 11.3 Å². The van der Waals surface area contributed by atoms with Crippen molar-refractivity contribution in [2.75, 3.05) is 14.1 Å². The van der Waals surface area contributed by atoms with Gasteiger partial charge in [0.05, 0.1) is 6.04 Å². The van der Waals surface area contributed by atoms with Gasteiger partial charge in [-0.1, -0.05) is 30.3 Å². The molecule has 0 fully saturated rings. The Morgan fingerprint density at radius 3 is 2.27 bits per heavy atom. The zero-order chi connectivity index (χ0) is 18.6. The Bertz CT molecular complexity index is 923. The van der Waals surface area contributed by atoms with Crippen molar-refractivity contribution >= 4 is 21.4 Å². The summed E-state index contributed by atoms with van der Waals surface area (Å²) >= 11 is 1.20. The van der Waals surface area contributed by atoms with E-state index in [1.165, 1.54) is 16.9 Å². The van der Waals surface area contributed by atoms with Gasteiger partial charge in [0.1, 0.15) is 4.21 Å². The number of thiophene rings is 1. The second-order valence-electron chi connectivity index (χ2n) is 6.25. The minimum absolute atomic E-state index is 0.306. The lowest BCUT2D eigenvalue weighted by molar-refractivity contribution is 0.402. The molecular weight excluding hydrogens is 366 g/mol. The molecule has 0 aliphatic carbocycles. The summed E-state index contributed by atoms with van der Waals surface area (Å²) in [5, 5.41) is 1.76. The van der Waals surface area contributed by atoms with E-state index in [0.717, 1.165) is 17.7 Å². The van der Waals surface area contributed by atoms with Crippen molar-refractivity contribution in [2.45, 2.75) is 16.8 Å². The molecule has 0 saturated heterocycles. The van der Waals surface area contributed by atoms with E-state index in [2.05, 4.69) is 14.6 Å². The fourth-order valence-electron chi connectivity index (χ4n) is 2.69. The molecule has 3 rings (SSSR count). The number of nitrogens with one attached hydrogen (secondary N) is 1. The predicted molar refractivity (Wildman–Crippen MR) is 105 cm³/mol. The van der Waals surface area contributed by atoms with Crippen molar-refractivity contribution < 1.29 is 8.42 Å². The number of nitrogens with zero attached hydrogens (tertiary/aromatic N) is 2. The number of benzene rings is 1. The van der Waals surface area contributed by atoms with Gasteiger partial charge in [-0.3, -0.25) is 4.98 Å². The first-order valence-corrected chi connectivity index (χ1v) is 10.5. The van der Waals surface area contributed by atoms with Crippen molar-refractivity contribution in [1.29, 1.82) is 0 Å². The predicted octanol–water partition coefficient (Wildman–Crippen LogP) is 3.27. The summed E-state index contributed by atoms with van der Waals surface area (Å²) in [5.74, 6) is 0. The van der Waals surface area contributed by atoms with Crippen molar-refractivity contribution in [3.63, 3.8) is 0 Å². The van der Waals surface area contributed by atoms with Crippen LogP contribution in [0.25, 0.3) is 0 Å². The van der Waals surface area contributed by atoms with E-state index in [1.807, 2.05) is 50.5 Å². The minimum Gasteiger partial charge on any atom is -0.305 e. The zero-order valence-corrected chi connectivity index (χ0v) is 16.3. The summed E-state index contributed by atoms with van der Waals surface area (Å²) in [5.41, 5.74) is 2.91. The second kappa shape index (κ2) is 8.09. The molecule has 7 heteroatoms. The average Bonchev–Trinajstić information content (AvgIpc) is 3.17. The van der Waals surface area contributed by atoms with E-state index in [-0.39, 0.29) is 0 Å². The van der Waals surface area contributed by atoms with Crippen LogP contribution in [0.1, 0.15) is 22.7 Å². The molecule has 3 aromatic rings. The quantitative estimate of drug-likeness (QED) is 0.676. The summed E-state index contributed by atoms with van der Waals surface area (Å²) in [6.07, 6.45) is 3.34. The number of hydrogen-bond acceptors (Lipinski definition) is 5. The molecule has 1 N–H and O–H groups in total. The maximum Gasteiger partial charge on any atom is 0.250 e. The van der Waals surface area contributed by atoms with Crippen LogP contribution in [-0.4, -0.2) is 32.4 Å². The normalized spacial score (nSPS) is 13.0. The average molecular weight is 388 g/mol. The first-order chi connectivity index (χ1) is 12.5. The van der Waals surface area contributed by atoms with Crippen molar-refractivity contribution in [1.82, 2.24) is 14.6 Å². The van der Waals surface area contributed by atoms with Gasteiger partial charge >= 0.3 is 0 Å². The first-order valence-electron chi connectivity index (χ1n) is 8.15. The van der Waals surface area contributed by atoms with Crippen molar-refractivity contribution in [2.24, 2.45) is 0 Å². The standard InChI is InChI=1S/C19H21N3O2S2/c1-22(2)14-15-5-7-16(8-6-15)19(17-9-11-20-12-10-17)21-26(23,24)18-4-3-13-25-18/h3-13,19,21H,14H2,1-2H3. The molecule has 0 radical (unpaired) electrons. The molecular formula is C19H21N3O2S2. The van der Waals surface area contributed by atoms with E-state index in [9.17, 15) is 8.42 Å². The van der Waals surface area contributed by atoms with Crippen LogP contribution in [0.15, 0.2) is 70.5 Å². The van der Waals surface area contributed by atoms with Gasteiger partial charge in [0.25, 0.3) is 10.0 Å². The van der Waals surface area contributed by atoms with Crippen LogP contribution >= 0.6 is 11.3 Å². The molecule has 0 saturated carbocycles.